The second-order valence-corrected chi connectivity index (χ2v) is 9.17. The normalized spacial score (nSPS) is 17.7. The molecule has 1 aliphatic rings. The van der Waals surface area contributed by atoms with Crippen molar-refractivity contribution in [1.82, 2.24) is 4.90 Å². The molecule has 3 rings (SSSR count). The molecular formula is C24H31ClN2O3. The van der Waals surface area contributed by atoms with Crippen molar-refractivity contribution in [3.8, 4) is 0 Å². The first kappa shape index (κ1) is 22.8. The Kier molecular flexibility index (Phi) is 7.89. The van der Waals surface area contributed by atoms with E-state index in [2.05, 4.69) is 10.1 Å². The molecule has 0 bridgehead atoms. The zero-order valence-corrected chi connectivity index (χ0v) is 18.7. The molecule has 0 aliphatic carbocycles. The topological polar surface area (TPSA) is 54.3 Å². The summed E-state index contributed by atoms with van der Waals surface area (Å²) in [7, 11) is 0. The molecule has 1 aliphatic heterocycles. The quantitative estimate of drug-likeness (QED) is 0.635. The molecule has 1 heterocycles. The van der Waals surface area contributed by atoms with Gasteiger partial charge in [-0.15, -0.1) is 0 Å². The fourth-order valence-electron chi connectivity index (χ4n) is 3.41. The van der Waals surface area contributed by atoms with E-state index in [1.165, 1.54) is 0 Å². The summed E-state index contributed by atoms with van der Waals surface area (Å²) in [5, 5.41) is 15.6. The number of oxime groups is 1. The van der Waals surface area contributed by atoms with Crippen LogP contribution in [-0.2, 0) is 16.1 Å². The fourth-order valence-corrected chi connectivity index (χ4v) is 3.62. The van der Waals surface area contributed by atoms with Crippen LogP contribution in [0.4, 0.5) is 0 Å². The molecule has 0 spiro atoms. The average molecular weight is 431 g/mol. The lowest BCUT2D eigenvalue weighted by Gasteiger charge is -2.28. The summed E-state index contributed by atoms with van der Waals surface area (Å²) in [5.41, 5.74) is 2.85. The van der Waals surface area contributed by atoms with Crippen LogP contribution in [0.3, 0.4) is 0 Å². The molecule has 6 heteroatoms. The predicted molar refractivity (Wildman–Crippen MR) is 121 cm³/mol. The third kappa shape index (κ3) is 7.40. The van der Waals surface area contributed by atoms with E-state index < -0.39 is 6.10 Å². The van der Waals surface area contributed by atoms with Crippen LogP contribution in [0.25, 0.3) is 0 Å². The van der Waals surface area contributed by atoms with Crippen LogP contribution in [0.15, 0.2) is 59.8 Å². The van der Waals surface area contributed by atoms with Crippen molar-refractivity contribution >= 4 is 17.3 Å². The molecule has 2 aromatic rings. The third-order valence-corrected chi connectivity index (χ3v) is 5.01. The molecular weight excluding hydrogens is 400 g/mol. The smallest absolute Gasteiger partial charge is 0.145 e. The van der Waals surface area contributed by atoms with Gasteiger partial charge in [-0.25, -0.2) is 0 Å². The van der Waals surface area contributed by atoms with Gasteiger partial charge in [-0.3, -0.25) is 4.90 Å². The van der Waals surface area contributed by atoms with E-state index in [4.69, 9.17) is 21.2 Å². The van der Waals surface area contributed by atoms with Crippen LogP contribution in [0.2, 0.25) is 5.02 Å². The van der Waals surface area contributed by atoms with Crippen molar-refractivity contribution in [3.05, 3.63) is 70.7 Å². The minimum atomic E-state index is -0.598. The van der Waals surface area contributed by atoms with E-state index >= 15 is 0 Å². The lowest BCUT2D eigenvalue weighted by Crippen LogP contribution is -2.40. The summed E-state index contributed by atoms with van der Waals surface area (Å²) in [6.07, 6.45) is 0.0828. The van der Waals surface area contributed by atoms with Gasteiger partial charge >= 0.3 is 0 Å². The van der Waals surface area contributed by atoms with Gasteiger partial charge in [0.05, 0.1) is 24.0 Å². The molecule has 0 fully saturated rings. The minimum Gasteiger partial charge on any atom is -0.390 e. The number of hydrogen-bond donors (Lipinski definition) is 1. The van der Waals surface area contributed by atoms with Gasteiger partial charge in [-0.2, -0.15) is 0 Å². The molecule has 30 heavy (non-hydrogen) atoms. The highest BCUT2D eigenvalue weighted by Gasteiger charge is 2.26. The Hall–Kier alpha value is -1.92. The Balaban J connectivity index is 1.62. The van der Waals surface area contributed by atoms with Crippen molar-refractivity contribution in [2.45, 2.75) is 51.5 Å². The van der Waals surface area contributed by atoms with Crippen LogP contribution in [-0.4, -0.2) is 53.2 Å². The van der Waals surface area contributed by atoms with Gasteiger partial charge < -0.3 is 14.7 Å². The second-order valence-electron chi connectivity index (χ2n) is 8.74. The van der Waals surface area contributed by atoms with Crippen LogP contribution in [0.1, 0.15) is 38.3 Å². The Labute approximate surface area is 184 Å². The third-order valence-electron chi connectivity index (χ3n) is 4.77. The molecule has 2 aromatic carbocycles. The molecule has 0 saturated heterocycles. The van der Waals surface area contributed by atoms with Crippen LogP contribution in [0, 0.1) is 0 Å². The molecule has 0 saturated carbocycles. The maximum absolute atomic E-state index is 10.6. The monoisotopic (exact) mass is 430 g/mol. The summed E-state index contributed by atoms with van der Waals surface area (Å²) in [5.74, 6) is 0. The zero-order valence-electron chi connectivity index (χ0n) is 17.9. The van der Waals surface area contributed by atoms with Gasteiger partial charge in [0.2, 0.25) is 0 Å². The summed E-state index contributed by atoms with van der Waals surface area (Å²) in [4.78, 5) is 7.89. The number of hydrogen-bond acceptors (Lipinski definition) is 5. The van der Waals surface area contributed by atoms with Crippen LogP contribution in [0.5, 0.6) is 0 Å². The van der Waals surface area contributed by atoms with Crippen molar-refractivity contribution in [2.75, 3.05) is 19.7 Å². The molecule has 0 amide bonds. The van der Waals surface area contributed by atoms with Crippen LogP contribution >= 0.6 is 11.6 Å². The number of ether oxygens (including phenoxy) is 1. The van der Waals surface area contributed by atoms with Gasteiger partial charge in [-0.05, 0) is 44.0 Å². The summed E-state index contributed by atoms with van der Waals surface area (Å²) < 4.78 is 5.75. The molecule has 162 valence electrons. The van der Waals surface area contributed by atoms with E-state index in [0.717, 1.165) is 23.3 Å². The van der Waals surface area contributed by atoms with E-state index in [-0.39, 0.29) is 18.3 Å². The number of nitrogens with zero attached hydrogens (tertiary/aromatic N) is 2. The van der Waals surface area contributed by atoms with Gasteiger partial charge in [-0.1, -0.05) is 59.2 Å². The summed E-state index contributed by atoms with van der Waals surface area (Å²) in [6, 6.07) is 17.9. The molecule has 5 nitrogen and oxygen atoms in total. The number of halogens is 1. The number of rotatable bonds is 9. The van der Waals surface area contributed by atoms with E-state index in [9.17, 15) is 5.11 Å². The fraction of sp³-hybridized carbons (Fsp3) is 0.458. The van der Waals surface area contributed by atoms with Crippen LogP contribution < -0.4 is 0 Å². The molecule has 2 atom stereocenters. The average Bonchev–Trinajstić information content (AvgIpc) is 3.15. The molecule has 0 aromatic heterocycles. The van der Waals surface area contributed by atoms with E-state index in [1.54, 1.807) is 0 Å². The zero-order chi connectivity index (χ0) is 21.6. The first-order valence-corrected chi connectivity index (χ1v) is 10.7. The Morgan fingerprint density at radius 1 is 1.20 bits per heavy atom. The van der Waals surface area contributed by atoms with Crippen molar-refractivity contribution in [2.24, 2.45) is 5.16 Å². The van der Waals surface area contributed by atoms with E-state index in [1.807, 2.05) is 75.4 Å². The van der Waals surface area contributed by atoms with Gasteiger partial charge in [0.15, 0.2) is 0 Å². The van der Waals surface area contributed by atoms with Crippen molar-refractivity contribution in [1.29, 1.82) is 0 Å². The number of aliphatic hydroxyl groups is 1. The summed E-state index contributed by atoms with van der Waals surface area (Å²) >= 11 is 6.16. The molecule has 1 N–H and O–H groups in total. The Morgan fingerprint density at radius 3 is 2.67 bits per heavy atom. The van der Waals surface area contributed by atoms with E-state index in [0.29, 0.717) is 24.7 Å². The highest BCUT2D eigenvalue weighted by molar-refractivity contribution is 6.30. The highest BCUT2D eigenvalue weighted by Crippen LogP contribution is 2.20. The first-order valence-electron chi connectivity index (χ1n) is 10.4. The largest absolute Gasteiger partial charge is 0.390 e. The van der Waals surface area contributed by atoms with Gasteiger partial charge in [0, 0.05) is 31.1 Å². The SMILES string of the molecule is CC(C)(C)OC[C@H](O)CN(Cc1cccc(Cl)c1)C[C@@H]1CC(c2ccccc2)=NO1. The van der Waals surface area contributed by atoms with Gasteiger partial charge in [0.25, 0.3) is 0 Å². The molecule has 0 unspecified atom stereocenters. The first-order chi connectivity index (χ1) is 14.3. The number of aliphatic hydroxyl groups excluding tert-OH is 1. The minimum absolute atomic E-state index is 0.0601. The highest BCUT2D eigenvalue weighted by atomic mass is 35.5. The lowest BCUT2D eigenvalue weighted by molar-refractivity contribution is -0.0600. The lowest BCUT2D eigenvalue weighted by atomic mass is 10.0. The van der Waals surface area contributed by atoms with Crippen molar-refractivity contribution in [3.63, 3.8) is 0 Å². The van der Waals surface area contributed by atoms with Crippen molar-refractivity contribution < 1.29 is 14.7 Å². The predicted octanol–water partition coefficient (Wildman–Crippen LogP) is 4.51. The standard InChI is InChI=1S/C24H31ClN2O3/c1-24(2,3)29-17-21(28)15-27(14-18-8-7-11-20(25)12-18)16-22-13-23(26-30-22)19-9-5-4-6-10-19/h4-12,21-22,28H,13-17H2,1-3H3/t21-,22+/m1/s1. The number of benzene rings is 2. The molecule has 0 radical (unpaired) electrons. The maximum atomic E-state index is 10.6. The van der Waals surface area contributed by atoms with Gasteiger partial charge in [0.1, 0.15) is 6.10 Å². The Bertz CT molecular complexity index is 836. The Morgan fingerprint density at radius 2 is 1.97 bits per heavy atom. The maximum Gasteiger partial charge on any atom is 0.145 e. The summed E-state index contributed by atoms with van der Waals surface area (Å²) in [6.45, 7) is 8.03. The second kappa shape index (κ2) is 10.4.